The molecule has 1 saturated heterocycles. The second-order valence-corrected chi connectivity index (χ2v) is 7.11. The summed E-state index contributed by atoms with van der Waals surface area (Å²) in [6, 6.07) is 15.0. The van der Waals surface area contributed by atoms with Gasteiger partial charge in [0.15, 0.2) is 0 Å². The van der Waals surface area contributed by atoms with Crippen LogP contribution in [0.1, 0.15) is 6.92 Å². The Morgan fingerprint density at radius 1 is 0.923 bits per heavy atom. The molecule has 0 aromatic heterocycles. The van der Waals surface area contributed by atoms with E-state index < -0.39 is 0 Å². The molecule has 0 atom stereocenters. The molecule has 4 nitrogen and oxygen atoms in total. The molecule has 0 bridgehead atoms. The van der Waals surface area contributed by atoms with Crippen molar-refractivity contribution in [3.63, 3.8) is 0 Å². The molecule has 0 saturated carbocycles. The second-order valence-electron chi connectivity index (χ2n) is 6.23. The Morgan fingerprint density at radius 3 is 2.04 bits per heavy atom. The van der Waals surface area contributed by atoms with Crippen LogP contribution in [0.4, 0.5) is 11.4 Å². The van der Waals surface area contributed by atoms with Gasteiger partial charge in [0.1, 0.15) is 0 Å². The SMILES string of the molecule is C/C(=C/C(=O)Nc1ccc(Cl)cc1)N1CCN(c2ccc(Cl)cc2)CC1. The van der Waals surface area contributed by atoms with Crippen molar-refractivity contribution in [3.05, 3.63) is 70.3 Å². The number of carbonyl (C=O) groups excluding carboxylic acids is 1. The van der Waals surface area contributed by atoms with Gasteiger partial charge in [-0.15, -0.1) is 0 Å². The number of hydrogen-bond donors (Lipinski definition) is 1. The molecule has 1 heterocycles. The molecule has 0 unspecified atom stereocenters. The Balaban J connectivity index is 1.54. The maximum Gasteiger partial charge on any atom is 0.250 e. The van der Waals surface area contributed by atoms with E-state index in [1.807, 2.05) is 31.2 Å². The minimum Gasteiger partial charge on any atom is -0.371 e. The average Bonchev–Trinajstić information content (AvgIpc) is 2.64. The lowest BCUT2D eigenvalue weighted by Gasteiger charge is -2.37. The number of nitrogens with zero attached hydrogens (tertiary/aromatic N) is 2. The third-order valence-electron chi connectivity index (χ3n) is 4.42. The van der Waals surface area contributed by atoms with Gasteiger partial charge in [0, 0.05) is 59.4 Å². The summed E-state index contributed by atoms with van der Waals surface area (Å²) in [6.07, 6.45) is 1.65. The first-order valence-corrected chi connectivity index (χ1v) is 9.27. The number of allylic oxidation sites excluding steroid dienone is 1. The summed E-state index contributed by atoms with van der Waals surface area (Å²) in [4.78, 5) is 16.8. The number of halogens is 2. The molecule has 1 aliphatic rings. The Bertz CT molecular complexity index is 780. The molecule has 1 amide bonds. The number of amides is 1. The Labute approximate surface area is 164 Å². The lowest BCUT2D eigenvalue weighted by Crippen LogP contribution is -2.45. The van der Waals surface area contributed by atoms with E-state index in [1.165, 1.54) is 5.69 Å². The molecule has 0 spiro atoms. The van der Waals surface area contributed by atoms with E-state index in [0.29, 0.717) is 5.02 Å². The molecule has 2 aromatic rings. The average molecular weight is 390 g/mol. The van der Waals surface area contributed by atoms with E-state index >= 15 is 0 Å². The Morgan fingerprint density at radius 2 is 1.46 bits per heavy atom. The van der Waals surface area contributed by atoms with E-state index in [9.17, 15) is 4.79 Å². The first-order valence-electron chi connectivity index (χ1n) is 8.51. The number of benzene rings is 2. The zero-order valence-corrected chi connectivity index (χ0v) is 16.1. The highest BCUT2D eigenvalue weighted by Crippen LogP contribution is 2.20. The number of carbonyl (C=O) groups is 1. The highest BCUT2D eigenvalue weighted by Gasteiger charge is 2.17. The summed E-state index contributed by atoms with van der Waals surface area (Å²) in [7, 11) is 0. The number of anilines is 2. The van der Waals surface area contributed by atoms with Gasteiger partial charge in [0.2, 0.25) is 5.91 Å². The molecule has 1 aliphatic heterocycles. The molecular formula is C20H21Cl2N3O. The zero-order chi connectivity index (χ0) is 18.5. The maximum atomic E-state index is 12.2. The van der Waals surface area contributed by atoms with Gasteiger partial charge in [0.05, 0.1) is 0 Å². The first-order chi connectivity index (χ1) is 12.5. The van der Waals surface area contributed by atoms with Crippen molar-refractivity contribution < 1.29 is 4.79 Å². The van der Waals surface area contributed by atoms with Crippen molar-refractivity contribution >= 4 is 40.5 Å². The third-order valence-corrected chi connectivity index (χ3v) is 4.93. The van der Waals surface area contributed by atoms with Gasteiger partial charge in [-0.25, -0.2) is 0 Å². The largest absolute Gasteiger partial charge is 0.371 e. The highest BCUT2D eigenvalue weighted by atomic mass is 35.5. The Hall–Kier alpha value is -2.17. The van der Waals surface area contributed by atoms with Crippen molar-refractivity contribution in [2.24, 2.45) is 0 Å². The zero-order valence-electron chi connectivity index (χ0n) is 14.6. The van der Waals surface area contributed by atoms with Gasteiger partial charge in [0.25, 0.3) is 0 Å². The standard InChI is InChI=1S/C20H21Cl2N3O/c1-15(14-20(26)23-18-6-2-16(21)3-7-18)24-10-12-25(13-11-24)19-8-4-17(22)5-9-19/h2-9,14H,10-13H2,1H3,(H,23,26)/b15-14-. The van der Waals surface area contributed by atoms with Crippen LogP contribution in [0.25, 0.3) is 0 Å². The smallest absolute Gasteiger partial charge is 0.250 e. The number of hydrogen-bond acceptors (Lipinski definition) is 3. The molecule has 6 heteroatoms. The second kappa shape index (κ2) is 8.47. The lowest BCUT2D eigenvalue weighted by atomic mass is 10.2. The molecule has 1 N–H and O–H groups in total. The van der Waals surface area contributed by atoms with Crippen LogP contribution < -0.4 is 10.2 Å². The van der Waals surface area contributed by atoms with Gasteiger partial charge in [-0.3, -0.25) is 4.79 Å². The van der Waals surface area contributed by atoms with E-state index in [4.69, 9.17) is 23.2 Å². The summed E-state index contributed by atoms with van der Waals surface area (Å²) in [5, 5.41) is 4.25. The van der Waals surface area contributed by atoms with Crippen LogP contribution in [0.2, 0.25) is 10.0 Å². The summed E-state index contributed by atoms with van der Waals surface area (Å²) < 4.78 is 0. The van der Waals surface area contributed by atoms with E-state index in [2.05, 4.69) is 15.1 Å². The highest BCUT2D eigenvalue weighted by molar-refractivity contribution is 6.30. The fourth-order valence-corrected chi connectivity index (χ4v) is 3.21. The van der Waals surface area contributed by atoms with Crippen molar-refractivity contribution in [1.29, 1.82) is 0 Å². The summed E-state index contributed by atoms with van der Waals surface area (Å²) in [5.74, 6) is -0.134. The molecule has 26 heavy (non-hydrogen) atoms. The molecule has 136 valence electrons. The van der Waals surface area contributed by atoms with Crippen molar-refractivity contribution in [2.45, 2.75) is 6.92 Å². The number of piperazine rings is 1. The normalized spacial score (nSPS) is 15.1. The van der Waals surface area contributed by atoms with Crippen LogP contribution in [0.5, 0.6) is 0 Å². The van der Waals surface area contributed by atoms with E-state index in [0.717, 1.165) is 42.6 Å². The quantitative estimate of drug-likeness (QED) is 0.772. The maximum absolute atomic E-state index is 12.2. The topological polar surface area (TPSA) is 35.6 Å². The fraction of sp³-hybridized carbons (Fsp3) is 0.250. The predicted octanol–water partition coefficient (Wildman–Crippen LogP) is 4.66. The van der Waals surface area contributed by atoms with Crippen molar-refractivity contribution in [2.75, 3.05) is 36.4 Å². The van der Waals surface area contributed by atoms with E-state index in [1.54, 1.807) is 30.3 Å². The number of rotatable bonds is 4. The lowest BCUT2D eigenvalue weighted by molar-refractivity contribution is -0.112. The monoisotopic (exact) mass is 389 g/mol. The first kappa shape index (κ1) is 18.6. The van der Waals surface area contributed by atoms with Gasteiger partial charge in [-0.05, 0) is 55.5 Å². The minimum absolute atomic E-state index is 0.134. The van der Waals surface area contributed by atoms with Crippen LogP contribution in [0.15, 0.2) is 60.3 Å². The molecule has 0 radical (unpaired) electrons. The third kappa shape index (κ3) is 4.93. The van der Waals surface area contributed by atoms with Crippen LogP contribution >= 0.6 is 23.2 Å². The molecule has 1 fully saturated rings. The van der Waals surface area contributed by atoms with Crippen LogP contribution in [-0.2, 0) is 4.79 Å². The van der Waals surface area contributed by atoms with Gasteiger partial charge < -0.3 is 15.1 Å². The van der Waals surface area contributed by atoms with Crippen LogP contribution in [0, 0.1) is 0 Å². The van der Waals surface area contributed by atoms with Gasteiger partial charge in [-0.1, -0.05) is 23.2 Å². The number of nitrogens with one attached hydrogen (secondary N) is 1. The molecule has 0 aliphatic carbocycles. The summed E-state index contributed by atoms with van der Waals surface area (Å²) in [5.41, 5.74) is 2.87. The molecular weight excluding hydrogens is 369 g/mol. The van der Waals surface area contributed by atoms with Crippen molar-refractivity contribution in [3.8, 4) is 0 Å². The van der Waals surface area contributed by atoms with Crippen LogP contribution in [-0.4, -0.2) is 37.0 Å². The summed E-state index contributed by atoms with van der Waals surface area (Å²) in [6.45, 7) is 5.54. The van der Waals surface area contributed by atoms with Crippen molar-refractivity contribution in [1.82, 2.24) is 4.90 Å². The molecule has 3 rings (SSSR count). The van der Waals surface area contributed by atoms with Gasteiger partial charge >= 0.3 is 0 Å². The van der Waals surface area contributed by atoms with E-state index in [-0.39, 0.29) is 5.91 Å². The predicted molar refractivity (Wildman–Crippen MR) is 109 cm³/mol. The van der Waals surface area contributed by atoms with Crippen LogP contribution in [0.3, 0.4) is 0 Å². The molecule has 2 aromatic carbocycles. The van der Waals surface area contributed by atoms with Gasteiger partial charge in [-0.2, -0.15) is 0 Å². The fourth-order valence-electron chi connectivity index (χ4n) is 2.96. The summed E-state index contributed by atoms with van der Waals surface area (Å²) >= 11 is 11.8. The minimum atomic E-state index is -0.134. The Kier molecular flexibility index (Phi) is 6.07.